The molecule has 3 aromatic heterocycles. The summed E-state index contributed by atoms with van der Waals surface area (Å²) in [6.45, 7) is 1.58. The number of benzene rings is 1. The molecule has 0 amide bonds. The van der Waals surface area contributed by atoms with Crippen LogP contribution in [0.2, 0.25) is 5.15 Å². The summed E-state index contributed by atoms with van der Waals surface area (Å²) in [6.07, 6.45) is 1.58. The van der Waals surface area contributed by atoms with Gasteiger partial charge in [-0.25, -0.2) is 18.4 Å². The number of rotatable bonds is 4. The third-order valence-corrected chi connectivity index (χ3v) is 6.18. The quantitative estimate of drug-likeness (QED) is 0.460. The maximum atomic E-state index is 12.7. The highest BCUT2D eigenvalue weighted by atomic mass is 35.5. The molecule has 4 aromatic rings. The molecule has 0 aliphatic carbocycles. The number of nitrogens with zero attached hydrogens (tertiary/aromatic N) is 5. The first-order chi connectivity index (χ1) is 13.3. The van der Waals surface area contributed by atoms with E-state index in [9.17, 15) is 8.42 Å². The molecule has 4 rings (SSSR count). The number of nitrogens with one attached hydrogen (secondary N) is 2. The molecule has 0 fully saturated rings. The second kappa shape index (κ2) is 6.46. The fraction of sp³-hybridized carbons (Fsp3) is 0.125. The molecule has 144 valence electrons. The van der Waals surface area contributed by atoms with Gasteiger partial charge in [-0.1, -0.05) is 11.6 Å². The molecule has 0 spiro atoms. The Morgan fingerprint density at radius 1 is 1.25 bits per heavy atom. The first-order valence-corrected chi connectivity index (χ1v) is 9.91. The second-order valence-electron chi connectivity index (χ2n) is 6.08. The number of sulfonamides is 1. The van der Waals surface area contributed by atoms with Gasteiger partial charge in [-0.05, 0) is 31.2 Å². The minimum atomic E-state index is -3.88. The molecule has 0 radical (unpaired) electrons. The number of hydrogen-bond donors (Lipinski definition) is 3. The van der Waals surface area contributed by atoms with E-state index in [1.165, 1.54) is 4.68 Å². The number of aromatic nitrogens is 6. The van der Waals surface area contributed by atoms with Crippen molar-refractivity contribution in [3.05, 3.63) is 41.3 Å². The van der Waals surface area contributed by atoms with Crippen LogP contribution in [0.4, 0.5) is 11.5 Å². The Hall–Kier alpha value is -3.18. The molecule has 0 aliphatic rings. The van der Waals surface area contributed by atoms with Crippen LogP contribution in [-0.4, -0.2) is 38.4 Å². The zero-order valence-corrected chi connectivity index (χ0v) is 16.4. The molecule has 0 saturated heterocycles. The van der Waals surface area contributed by atoms with Crippen molar-refractivity contribution in [2.45, 2.75) is 11.8 Å². The first kappa shape index (κ1) is 18.2. The van der Waals surface area contributed by atoms with Gasteiger partial charge in [0.05, 0.1) is 11.1 Å². The number of nitrogens with two attached hydrogens (primary N) is 1. The van der Waals surface area contributed by atoms with Crippen molar-refractivity contribution in [1.29, 1.82) is 0 Å². The number of nitrogen functional groups attached to an aromatic ring is 1. The summed E-state index contributed by atoms with van der Waals surface area (Å²) in [6, 6.07) is 6.62. The molecule has 3 heterocycles. The Labute approximate surface area is 164 Å². The van der Waals surface area contributed by atoms with E-state index in [1.807, 2.05) is 0 Å². The summed E-state index contributed by atoms with van der Waals surface area (Å²) < 4.78 is 29.1. The van der Waals surface area contributed by atoms with Gasteiger partial charge in [-0.2, -0.15) is 10.2 Å². The van der Waals surface area contributed by atoms with Gasteiger partial charge in [0.25, 0.3) is 10.0 Å². The van der Waals surface area contributed by atoms with Gasteiger partial charge in [0.1, 0.15) is 15.9 Å². The standard InChI is InChI=1S/C16H15ClN8O2S/c1-8-12(13(17)25(2)23-8)28(26,27)24-10-5-3-9(4-6-10)15-19-7-11-14(18)21-22-16(11)20-15/h3-7,24H,1-2H3,(H3,18,19,20,21,22). The second-order valence-corrected chi connectivity index (χ2v) is 8.06. The summed E-state index contributed by atoms with van der Waals surface area (Å²) in [5.74, 6) is 0.843. The zero-order chi connectivity index (χ0) is 20.1. The number of halogens is 1. The summed E-state index contributed by atoms with van der Waals surface area (Å²) in [5.41, 5.74) is 7.57. The van der Waals surface area contributed by atoms with Crippen molar-refractivity contribution < 1.29 is 8.42 Å². The topological polar surface area (TPSA) is 144 Å². The fourth-order valence-electron chi connectivity index (χ4n) is 2.77. The molecule has 0 bridgehead atoms. The third kappa shape index (κ3) is 3.04. The van der Waals surface area contributed by atoms with Crippen molar-refractivity contribution in [3.63, 3.8) is 0 Å². The zero-order valence-electron chi connectivity index (χ0n) is 14.8. The van der Waals surface area contributed by atoms with Crippen LogP contribution >= 0.6 is 11.6 Å². The maximum Gasteiger partial charge on any atom is 0.266 e. The minimum absolute atomic E-state index is 0.0431. The van der Waals surface area contributed by atoms with Crippen LogP contribution < -0.4 is 10.5 Å². The minimum Gasteiger partial charge on any atom is -0.383 e. The summed E-state index contributed by atoms with van der Waals surface area (Å²) in [4.78, 5) is 8.56. The SMILES string of the molecule is Cc1nn(C)c(Cl)c1S(=O)(=O)Nc1ccc(-c2ncc3c(N)[nH]nc3n2)cc1. The van der Waals surface area contributed by atoms with E-state index in [0.717, 1.165) is 0 Å². The lowest BCUT2D eigenvalue weighted by molar-refractivity contribution is 0.600. The van der Waals surface area contributed by atoms with Crippen molar-refractivity contribution in [1.82, 2.24) is 29.9 Å². The molecule has 12 heteroatoms. The predicted molar refractivity (Wildman–Crippen MR) is 105 cm³/mol. The van der Waals surface area contributed by atoms with Crippen molar-refractivity contribution >= 4 is 44.2 Å². The Morgan fingerprint density at radius 2 is 1.96 bits per heavy atom. The summed E-state index contributed by atoms with van der Waals surface area (Å²) >= 11 is 6.07. The lowest BCUT2D eigenvalue weighted by Gasteiger charge is -2.08. The van der Waals surface area contributed by atoms with Crippen LogP contribution in [0, 0.1) is 6.92 Å². The summed E-state index contributed by atoms with van der Waals surface area (Å²) in [7, 11) is -2.31. The van der Waals surface area contributed by atoms with E-state index >= 15 is 0 Å². The molecule has 28 heavy (non-hydrogen) atoms. The maximum absolute atomic E-state index is 12.7. The van der Waals surface area contributed by atoms with Crippen LogP contribution in [0.5, 0.6) is 0 Å². The Kier molecular flexibility index (Phi) is 4.20. The van der Waals surface area contributed by atoms with Crippen LogP contribution in [0.1, 0.15) is 5.69 Å². The van der Waals surface area contributed by atoms with E-state index in [-0.39, 0.29) is 10.0 Å². The molecule has 1 aromatic carbocycles. The average molecular weight is 419 g/mol. The lowest BCUT2D eigenvalue weighted by Crippen LogP contribution is -2.14. The van der Waals surface area contributed by atoms with Gasteiger partial charge in [0.2, 0.25) is 0 Å². The molecular weight excluding hydrogens is 404 g/mol. The van der Waals surface area contributed by atoms with Crippen molar-refractivity contribution in [2.24, 2.45) is 7.05 Å². The average Bonchev–Trinajstić information content (AvgIpc) is 3.14. The highest BCUT2D eigenvalue weighted by Gasteiger charge is 2.25. The number of aryl methyl sites for hydroxylation is 2. The van der Waals surface area contributed by atoms with Crippen LogP contribution in [0.3, 0.4) is 0 Å². The van der Waals surface area contributed by atoms with Crippen LogP contribution in [0.25, 0.3) is 22.4 Å². The van der Waals surface area contributed by atoms with Crippen LogP contribution in [-0.2, 0) is 17.1 Å². The van der Waals surface area contributed by atoms with E-state index in [1.54, 1.807) is 44.4 Å². The van der Waals surface area contributed by atoms with Gasteiger partial charge in [-0.15, -0.1) is 0 Å². The van der Waals surface area contributed by atoms with Gasteiger partial charge in [-0.3, -0.25) is 14.5 Å². The number of aromatic amines is 1. The predicted octanol–water partition coefficient (Wildman–Crippen LogP) is 2.10. The van der Waals surface area contributed by atoms with Crippen molar-refractivity contribution in [3.8, 4) is 11.4 Å². The van der Waals surface area contributed by atoms with E-state index < -0.39 is 10.0 Å². The van der Waals surface area contributed by atoms with Crippen molar-refractivity contribution in [2.75, 3.05) is 10.5 Å². The van der Waals surface area contributed by atoms with Gasteiger partial charge >= 0.3 is 0 Å². The molecule has 4 N–H and O–H groups in total. The number of fused-ring (bicyclic) bond motifs is 1. The summed E-state index contributed by atoms with van der Waals surface area (Å²) in [5, 5.41) is 11.4. The largest absolute Gasteiger partial charge is 0.383 e. The monoisotopic (exact) mass is 418 g/mol. The van der Waals surface area contributed by atoms with E-state index in [0.29, 0.717) is 39.6 Å². The molecule has 0 saturated carbocycles. The first-order valence-electron chi connectivity index (χ1n) is 8.05. The highest BCUT2D eigenvalue weighted by molar-refractivity contribution is 7.92. The van der Waals surface area contributed by atoms with E-state index in [2.05, 4.69) is 30.0 Å². The number of anilines is 2. The number of H-pyrrole nitrogens is 1. The van der Waals surface area contributed by atoms with Gasteiger partial charge < -0.3 is 5.73 Å². The van der Waals surface area contributed by atoms with E-state index in [4.69, 9.17) is 17.3 Å². The smallest absolute Gasteiger partial charge is 0.266 e. The molecule has 10 nitrogen and oxygen atoms in total. The Morgan fingerprint density at radius 3 is 2.61 bits per heavy atom. The number of hydrogen-bond acceptors (Lipinski definition) is 7. The molecule has 0 unspecified atom stereocenters. The molecular formula is C16H15ClN8O2S. The Bertz CT molecular complexity index is 1290. The normalized spacial score (nSPS) is 11.8. The lowest BCUT2D eigenvalue weighted by atomic mass is 10.2. The fourth-order valence-corrected chi connectivity index (χ4v) is 4.58. The third-order valence-electron chi connectivity index (χ3n) is 4.11. The Balaban J connectivity index is 1.62. The van der Waals surface area contributed by atoms with Gasteiger partial charge in [0.15, 0.2) is 11.5 Å². The van der Waals surface area contributed by atoms with Gasteiger partial charge in [0, 0.05) is 24.5 Å². The molecule has 0 atom stereocenters. The molecule has 0 aliphatic heterocycles. The highest BCUT2D eigenvalue weighted by Crippen LogP contribution is 2.27. The van der Waals surface area contributed by atoms with Crippen LogP contribution in [0.15, 0.2) is 35.4 Å².